The quantitative estimate of drug-likeness (QED) is 0.629. The van der Waals surface area contributed by atoms with Crippen LogP contribution in [0.3, 0.4) is 0 Å². The number of carbonyl (C=O) groups excluding carboxylic acids is 1. The molecule has 1 rings (SSSR count). The summed E-state index contributed by atoms with van der Waals surface area (Å²) in [4.78, 5) is 10.7. The van der Waals surface area contributed by atoms with Crippen molar-refractivity contribution in [2.75, 3.05) is 0 Å². The maximum atomic E-state index is 10.7. The number of carbonyl (C=O) groups is 1. The van der Waals surface area contributed by atoms with Crippen molar-refractivity contribution in [1.29, 1.82) is 0 Å². The molecule has 0 saturated heterocycles. The van der Waals surface area contributed by atoms with E-state index in [1.165, 1.54) is 0 Å². The fourth-order valence-electron chi connectivity index (χ4n) is 1.83. The van der Waals surface area contributed by atoms with Crippen molar-refractivity contribution in [3.8, 4) is 0 Å². The Bertz CT molecular complexity index is 151. The molecule has 1 aliphatic rings. The first-order valence-electron chi connectivity index (χ1n) is 4.16. The summed E-state index contributed by atoms with van der Waals surface area (Å²) >= 11 is 0. The van der Waals surface area contributed by atoms with E-state index < -0.39 is 5.60 Å². The van der Waals surface area contributed by atoms with Gasteiger partial charge >= 0.3 is 0 Å². The van der Waals surface area contributed by atoms with Gasteiger partial charge in [-0.15, -0.1) is 0 Å². The normalized spacial score (nSPS) is 22.5. The molecule has 0 heterocycles. The van der Waals surface area contributed by atoms with Crippen molar-refractivity contribution in [2.45, 2.75) is 45.1 Å². The Morgan fingerprint density at radius 1 is 1.55 bits per heavy atom. The highest BCUT2D eigenvalue weighted by molar-refractivity contribution is 5.61. The topological polar surface area (TPSA) is 37.3 Å². The van der Waals surface area contributed by atoms with E-state index in [9.17, 15) is 9.90 Å². The summed E-state index contributed by atoms with van der Waals surface area (Å²) in [6, 6.07) is 0. The first-order chi connectivity index (χ1) is 4.97. The monoisotopic (exact) mass is 156 g/mol. The van der Waals surface area contributed by atoms with Gasteiger partial charge in [0.1, 0.15) is 6.29 Å². The standard InChI is InChI=1S/C9H16O2/c1-8(2,11)6-9(7-10)4-3-5-9/h7,11H,3-6H2,1-2H3. The van der Waals surface area contributed by atoms with Gasteiger partial charge in [0, 0.05) is 5.41 Å². The minimum absolute atomic E-state index is 0.182. The molecule has 0 atom stereocenters. The maximum absolute atomic E-state index is 10.7. The van der Waals surface area contributed by atoms with Crippen LogP contribution >= 0.6 is 0 Å². The summed E-state index contributed by atoms with van der Waals surface area (Å²) in [6.07, 6.45) is 4.69. The lowest BCUT2D eigenvalue weighted by Gasteiger charge is -2.40. The zero-order valence-corrected chi connectivity index (χ0v) is 7.26. The Morgan fingerprint density at radius 3 is 2.18 bits per heavy atom. The molecule has 0 aliphatic heterocycles. The lowest BCUT2D eigenvalue weighted by molar-refractivity contribution is -0.125. The summed E-state index contributed by atoms with van der Waals surface area (Å²) in [5.74, 6) is 0. The number of aliphatic hydroxyl groups is 1. The first kappa shape index (κ1) is 8.72. The number of rotatable bonds is 3. The molecule has 0 radical (unpaired) electrons. The Morgan fingerprint density at radius 2 is 2.09 bits per heavy atom. The van der Waals surface area contributed by atoms with Crippen LogP contribution in [0.25, 0.3) is 0 Å². The summed E-state index contributed by atoms with van der Waals surface area (Å²) in [7, 11) is 0. The molecule has 0 amide bonds. The molecule has 0 bridgehead atoms. The van der Waals surface area contributed by atoms with Crippen LogP contribution < -0.4 is 0 Å². The van der Waals surface area contributed by atoms with Crippen LogP contribution in [0.2, 0.25) is 0 Å². The molecule has 0 spiro atoms. The minimum Gasteiger partial charge on any atom is -0.390 e. The van der Waals surface area contributed by atoms with Gasteiger partial charge in [0.05, 0.1) is 5.60 Å². The van der Waals surface area contributed by atoms with Crippen molar-refractivity contribution in [1.82, 2.24) is 0 Å². The third-order valence-electron chi connectivity index (χ3n) is 2.38. The maximum Gasteiger partial charge on any atom is 0.126 e. The first-order valence-corrected chi connectivity index (χ1v) is 4.16. The SMILES string of the molecule is CC(C)(O)CC1(C=O)CCC1. The third kappa shape index (κ3) is 2.03. The van der Waals surface area contributed by atoms with Gasteiger partial charge in [-0.25, -0.2) is 0 Å². The van der Waals surface area contributed by atoms with Crippen LogP contribution in [0, 0.1) is 5.41 Å². The molecule has 1 fully saturated rings. The molecule has 64 valence electrons. The Balaban J connectivity index is 2.51. The predicted octanol–water partition coefficient (Wildman–Crippen LogP) is 1.52. The van der Waals surface area contributed by atoms with Crippen molar-refractivity contribution < 1.29 is 9.90 Å². The molecular weight excluding hydrogens is 140 g/mol. The zero-order valence-electron chi connectivity index (χ0n) is 7.26. The van der Waals surface area contributed by atoms with Gasteiger partial charge in [-0.3, -0.25) is 0 Å². The molecule has 2 nitrogen and oxygen atoms in total. The van der Waals surface area contributed by atoms with E-state index in [0.29, 0.717) is 6.42 Å². The van der Waals surface area contributed by atoms with E-state index in [1.807, 2.05) is 0 Å². The van der Waals surface area contributed by atoms with E-state index in [-0.39, 0.29) is 5.41 Å². The van der Waals surface area contributed by atoms with E-state index >= 15 is 0 Å². The van der Waals surface area contributed by atoms with E-state index in [1.54, 1.807) is 13.8 Å². The highest BCUT2D eigenvalue weighted by Crippen LogP contribution is 2.44. The molecule has 0 unspecified atom stereocenters. The zero-order chi connectivity index (χ0) is 8.54. The molecule has 2 heteroatoms. The Labute approximate surface area is 67.6 Å². The molecule has 0 aromatic heterocycles. The van der Waals surface area contributed by atoms with E-state index in [0.717, 1.165) is 25.5 Å². The summed E-state index contributed by atoms with van der Waals surface area (Å²) in [6.45, 7) is 3.52. The van der Waals surface area contributed by atoms with Gasteiger partial charge in [-0.1, -0.05) is 6.42 Å². The van der Waals surface area contributed by atoms with Crippen molar-refractivity contribution in [3.63, 3.8) is 0 Å². The number of hydrogen-bond acceptors (Lipinski definition) is 2. The Kier molecular flexibility index (Phi) is 2.06. The van der Waals surface area contributed by atoms with Crippen LogP contribution in [0.4, 0.5) is 0 Å². The lowest BCUT2D eigenvalue weighted by Crippen LogP contribution is -2.38. The molecule has 1 aliphatic carbocycles. The van der Waals surface area contributed by atoms with Crippen molar-refractivity contribution in [2.24, 2.45) is 5.41 Å². The molecule has 11 heavy (non-hydrogen) atoms. The molecule has 1 N–H and O–H groups in total. The molecular formula is C9H16O2. The largest absolute Gasteiger partial charge is 0.390 e. The third-order valence-corrected chi connectivity index (χ3v) is 2.38. The van der Waals surface area contributed by atoms with Crippen molar-refractivity contribution in [3.05, 3.63) is 0 Å². The summed E-state index contributed by atoms with van der Waals surface area (Å²) < 4.78 is 0. The molecule has 1 saturated carbocycles. The van der Waals surface area contributed by atoms with E-state index in [2.05, 4.69) is 0 Å². The Hall–Kier alpha value is -0.370. The fourth-order valence-corrected chi connectivity index (χ4v) is 1.83. The highest BCUT2D eigenvalue weighted by Gasteiger charge is 2.40. The second-order valence-electron chi connectivity index (χ2n) is 4.32. The average molecular weight is 156 g/mol. The summed E-state index contributed by atoms with van der Waals surface area (Å²) in [5, 5.41) is 9.49. The van der Waals surface area contributed by atoms with Gasteiger partial charge in [0.25, 0.3) is 0 Å². The molecule has 0 aromatic rings. The van der Waals surface area contributed by atoms with Gasteiger partial charge in [-0.05, 0) is 33.1 Å². The second kappa shape index (κ2) is 2.59. The highest BCUT2D eigenvalue weighted by atomic mass is 16.3. The van der Waals surface area contributed by atoms with Crippen LogP contribution in [0.15, 0.2) is 0 Å². The summed E-state index contributed by atoms with van der Waals surface area (Å²) in [5.41, 5.74) is -0.875. The van der Waals surface area contributed by atoms with Crippen LogP contribution in [0.5, 0.6) is 0 Å². The van der Waals surface area contributed by atoms with Gasteiger partial charge in [0.15, 0.2) is 0 Å². The lowest BCUT2D eigenvalue weighted by atomic mass is 9.65. The van der Waals surface area contributed by atoms with Gasteiger partial charge < -0.3 is 9.90 Å². The smallest absolute Gasteiger partial charge is 0.126 e. The average Bonchev–Trinajstić information content (AvgIpc) is 1.77. The number of aldehydes is 1. The van der Waals surface area contributed by atoms with Gasteiger partial charge in [0.2, 0.25) is 0 Å². The minimum atomic E-state index is -0.693. The fraction of sp³-hybridized carbons (Fsp3) is 0.889. The number of hydrogen-bond donors (Lipinski definition) is 1. The molecule has 0 aromatic carbocycles. The second-order valence-corrected chi connectivity index (χ2v) is 4.32. The van der Waals surface area contributed by atoms with E-state index in [4.69, 9.17) is 0 Å². The predicted molar refractivity (Wildman–Crippen MR) is 43.3 cm³/mol. The van der Waals surface area contributed by atoms with Gasteiger partial charge in [-0.2, -0.15) is 0 Å². The van der Waals surface area contributed by atoms with Crippen LogP contribution in [0.1, 0.15) is 39.5 Å². The van der Waals surface area contributed by atoms with Crippen molar-refractivity contribution >= 4 is 6.29 Å². The van der Waals surface area contributed by atoms with Crippen LogP contribution in [-0.4, -0.2) is 17.0 Å². The van der Waals surface area contributed by atoms with Crippen LogP contribution in [-0.2, 0) is 4.79 Å².